The summed E-state index contributed by atoms with van der Waals surface area (Å²) in [7, 11) is 0. The molecular weight excluding hydrogens is 366 g/mol. The minimum absolute atomic E-state index is 0.129. The molecule has 0 saturated heterocycles. The zero-order valence-corrected chi connectivity index (χ0v) is 16.0. The van der Waals surface area contributed by atoms with Crippen molar-refractivity contribution in [1.82, 2.24) is 5.32 Å². The maximum absolute atomic E-state index is 12.8. The highest BCUT2D eigenvalue weighted by Gasteiger charge is 2.23. The Morgan fingerprint density at radius 3 is 2.00 bits per heavy atom. The lowest BCUT2D eigenvalue weighted by Gasteiger charge is -2.15. The quantitative estimate of drug-likeness (QED) is 0.495. The van der Waals surface area contributed by atoms with E-state index < -0.39 is 18.0 Å². The minimum Gasteiger partial charge on any atom is -0.449 e. The van der Waals surface area contributed by atoms with Crippen LogP contribution in [0, 0.1) is 0 Å². The molecule has 29 heavy (non-hydrogen) atoms. The lowest BCUT2D eigenvalue weighted by Crippen LogP contribution is -2.35. The van der Waals surface area contributed by atoms with Gasteiger partial charge in [0.25, 0.3) is 5.91 Å². The van der Waals surface area contributed by atoms with E-state index >= 15 is 0 Å². The van der Waals surface area contributed by atoms with Crippen molar-refractivity contribution in [1.29, 1.82) is 0 Å². The van der Waals surface area contributed by atoms with Crippen molar-refractivity contribution in [2.24, 2.45) is 0 Å². The summed E-state index contributed by atoms with van der Waals surface area (Å²) in [4.78, 5) is 37.7. The molecule has 0 aromatic heterocycles. The Kier molecular flexibility index (Phi) is 6.53. The number of carbonyl (C=O) groups is 3. The van der Waals surface area contributed by atoms with Gasteiger partial charge in [-0.05, 0) is 18.6 Å². The van der Waals surface area contributed by atoms with Crippen LogP contribution in [0.5, 0.6) is 0 Å². The van der Waals surface area contributed by atoms with Crippen LogP contribution in [0.1, 0.15) is 38.8 Å². The molecule has 146 valence electrons. The Labute approximate surface area is 169 Å². The predicted octanol–water partition coefficient (Wildman–Crippen LogP) is 3.78. The first-order chi connectivity index (χ1) is 14.1. The third-order valence-electron chi connectivity index (χ3n) is 4.39. The fourth-order valence-electron chi connectivity index (χ4n) is 2.81. The second-order valence-corrected chi connectivity index (χ2v) is 6.49. The third-order valence-corrected chi connectivity index (χ3v) is 4.39. The molecule has 0 bridgehead atoms. The molecule has 5 heteroatoms. The van der Waals surface area contributed by atoms with Gasteiger partial charge < -0.3 is 10.1 Å². The number of ketones is 1. The van der Waals surface area contributed by atoms with E-state index in [-0.39, 0.29) is 16.9 Å². The van der Waals surface area contributed by atoms with E-state index in [1.54, 1.807) is 42.5 Å². The molecule has 0 fully saturated rings. The third kappa shape index (κ3) is 5.17. The molecule has 3 aromatic rings. The molecule has 0 saturated carbocycles. The van der Waals surface area contributed by atoms with Crippen LogP contribution in [0.25, 0.3) is 0 Å². The van der Waals surface area contributed by atoms with Crippen molar-refractivity contribution in [2.45, 2.75) is 19.6 Å². The van der Waals surface area contributed by atoms with E-state index in [1.807, 2.05) is 36.4 Å². The van der Waals surface area contributed by atoms with Crippen molar-refractivity contribution < 1.29 is 19.1 Å². The first-order valence-corrected chi connectivity index (χ1v) is 9.27. The summed E-state index contributed by atoms with van der Waals surface area (Å²) in [6.07, 6.45) is -0.994. The molecule has 0 aliphatic rings. The highest BCUT2D eigenvalue weighted by atomic mass is 16.5. The van der Waals surface area contributed by atoms with Gasteiger partial charge in [0.05, 0.1) is 5.56 Å². The maximum Gasteiger partial charge on any atom is 0.339 e. The lowest BCUT2D eigenvalue weighted by molar-refractivity contribution is -0.129. The number of esters is 1. The molecule has 1 atom stereocenters. The molecule has 0 aliphatic carbocycles. The van der Waals surface area contributed by atoms with Gasteiger partial charge in [-0.2, -0.15) is 0 Å². The fraction of sp³-hybridized carbons (Fsp3) is 0.125. The van der Waals surface area contributed by atoms with Crippen LogP contribution in [-0.4, -0.2) is 23.8 Å². The smallest absolute Gasteiger partial charge is 0.339 e. The summed E-state index contributed by atoms with van der Waals surface area (Å²) in [5, 5.41) is 2.74. The van der Waals surface area contributed by atoms with Crippen molar-refractivity contribution >= 4 is 17.7 Å². The van der Waals surface area contributed by atoms with E-state index in [4.69, 9.17) is 4.74 Å². The van der Waals surface area contributed by atoms with Crippen LogP contribution >= 0.6 is 0 Å². The predicted molar refractivity (Wildman–Crippen MR) is 109 cm³/mol. The van der Waals surface area contributed by atoms with Crippen LogP contribution in [0.3, 0.4) is 0 Å². The van der Waals surface area contributed by atoms with Crippen molar-refractivity contribution in [3.05, 3.63) is 107 Å². The molecule has 0 radical (unpaired) electrons. The Bertz CT molecular complexity index is 1000. The number of benzene rings is 3. The Hall–Kier alpha value is -3.73. The van der Waals surface area contributed by atoms with E-state index in [0.717, 1.165) is 5.56 Å². The first-order valence-electron chi connectivity index (χ1n) is 9.27. The van der Waals surface area contributed by atoms with Gasteiger partial charge in [-0.3, -0.25) is 9.59 Å². The number of hydrogen-bond donors (Lipinski definition) is 1. The van der Waals surface area contributed by atoms with Crippen LogP contribution in [0.2, 0.25) is 0 Å². The topological polar surface area (TPSA) is 72.5 Å². The minimum atomic E-state index is -0.994. The molecular formula is C24H21NO4. The van der Waals surface area contributed by atoms with Gasteiger partial charge in [-0.15, -0.1) is 0 Å². The molecule has 0 heterocycles. The average molecular weight is 387 g/mol. The summed E-state index contributed by atoms with van der Waals surface area (Å²) >= 11 is 0. The second kappa shape index (κ2) is 9.46. The van der Waals surface area contributed by atoms with Crippen molar-refractivity contribution in [2.75, 3.05) is 0 Å². The van der Waals surface area contributed by atoms with Gasteiger partial charge in [0, 0.05) is 17.7 Å². The normalized spacial score (nSPS) is 11.3. The van der Waals surface area contributed by atoms with E-state index in [2.05, 4.69) is 5.32 Å². The molecule has 0 unspecified atom stereocenters. The summed E-state index contributed by atoms with van der Waals surface area (Å²) in [5.41, 5.74) is 1.78. The number of rotatable bonds is 7. The van der Waals surface area contributed by atoms with Crippen LogP contribution < -0.4 is 5.32 Å². The van der Waals surface area contributed by atoms with E-state index in [0.29, 0.717) is 12.1 Å². The van der Waals surface area contributed by atoms with Gasteiger partial charge in [0.2, 0.25) is 0 Å². The molecule has 0 spiro atoms. The van der Waals surface area contributed by atoms with E-state index in [9.17, 15) is 14.4 Å². The monoisotopic (exact) mass is 387 g/mol. The van der Waals surface area contributed by atoms with Gasteiger partial charge in [-0.25, -0.2) is 4.79 Å². The summed E-state index contributed by atoms with van der Waals surface area (Å²) < 4.78 is 5.31. The van der Waals surface area contributed by atoms with Gasteiger partial charge >= 0.3 is 5.97 Å². The highest BCUT2D eigenvalue weighted by Crippen LogP contribution is 2.16. The molecule has 3 aromatic carbocycles. The van der Waals surface area contributed by atoms with Crippen LogP contribution in [0.4, 0.5) is 0 Å². The summed E-state index contributed by atoms with van der Waals surface area (Å²) in [6.45, 7) is 1.84. The Morgan fingerprint density at radius 2 is 1.34 bits per heavy atom. The summed E-state index contributed by atoms with van der Waals surface area (Å²) in [6, 6.07) is 24.6. The number of carbonyl (C=O) groups excluding carboxylic acids is 3. The largest absolute Gasteiger partial charge is 0.449 e. The molecule has 3 rings (SSSR count). The Balaban J connectivity index is 1.67. The molecule has 0 aliphatic heterocycles. The van der Waals surface area contributed by atoms with Crippen LogP contribution in [0.15, 0.2) is 84.9 Å². The van der Waals surface area contributed by atoms with Gasteiger partial charge in [0.15, 0.2) is 11.9 Å². The SMILES string of the molecule is C[C@H](OC(=O)c1ccccc1C(=O)c1ccccc1)C(=O)NCc1ccccc1. The number of hydrogen-bond acceptors (Lipinski definition) is 4. The van der Waals surface area contributed by atoms with Crippen LogP contribution in [-0.2, 0) is 16.1 Å². The standard InChI is InChI=1S/C24H21NO4/c1-17(23(27)25-16-18-10-4-2-5-11-18)29-24(28)21-15-9-8-14-20(21)22(26)19-12-6-3-7-13-19/h2-15,17H,16H2,1H3,(H,25,27)/t17-/m0/s1. The molecule has 5 nitrogen and oxygen atoms in total. The van der Waals surface area contributed by atoms with Gasteiger partial charge in [-0.1, -0.05) is 78.9 Å². The number of nitrogens with one attached hydrogen (secondary N) is 1. The maximum atomic E-state index is 12.8. The zero-order valence-electron chi connectivity index (χ0n) is 16.0. The lowest BCUT2D eigenvalue weighted by atomic mass is 9.98. The second-order valence-electron chi connectivity index (χ2n) is 6.49. The Morgan fingerprint density at radius 1 is 0.793 bits per heavy atom. The fourth-order valence-corrected chi connectivity index (χ4v) is 2.81. The molecule has 1 amide bonds. The number of amides is 1. The average Bonchev–Trinajstić information content (AvgIpc) is 2.78. The van der Waals surface area contributed by atoms with E-state index in [1.165, 1.54) is 13.0 Å². The summed E-state index contributed by atoms with van der Waals surface area (Å²) in [5.74, 6) is -1.40. The van der Waals surface area contributed by atoms with Gasteiger partial charge in [0.1, 0.15) is 0 Å². The highest BCUT2D eigenvalue weighted by molar-refractivity contribution is 6.14. The zero-order chi connectivity index (χ0) is 20.6. The van der Waals surface area contributed by atoms with Crippen molar-refractivity contribution in [3.8, 4) is 0 Å². The number of ether oxygens (including phenoxy) is 1. The first kappa shape index (κ1) is 20.0. The molecule has 1 N–H and O–H groups in total. The van der Waals surface area contributed by atoms with Crippen molar-refractivity contribution in [3.63, 3.8) is 0 Å².